The highest BCUT2D eigenvalue weighted by Crippen LogP contribution is 2.34. The molecule has 2 aromatic rings. The molecule has 2 aliphatic heterocycles. The Morgan fingerprint density at radius 1 is 1.14 bits per heavy atom. The minimum atomic E-state index is -0.277. The van der Waals surface area contributed by atoms with Crippen LogP contribution in [0.2, 0.25) is 0 Å². The predicted molar refractivity (Wildman–Crippen MR) is 109 cm³/mol. The number of fused-ring (bicyclic) bond motifs is 2. The Hall–Kier alpha value is -3.20. The molecule has 4 rings (SSSR count). The number of nitrogens with zero attached hydrogens (tertiary/aromatic N) is 4. The maximum atomic E-state index is 12.8. The Balaban J connectivity index is 1.40. The van der Waals surface area contributed by atoms with Crippen molar-refractivity contribution in [3.8, 4) is 6.07 Å². The number of likely N-dealkylation sites (tertiary alicyclic amines) is 1. The molecule has 0 spiro atoms. The first kappa shape index (κ1) is 19.1. The zero-order valence-electron chi connectivity index (χ0n) is 16.5. The number of piperazine rings is 1. The molecule has 1 amide bonds. The van der Waals surface area contributed by atoms with Crippen LogP contribution in [0.4, 0.5) is 5.82 Å². The molecule has 29 heavy (non-hydrogen) atoms. The Labute approximate surface area is 170 Å². The summed E-state index contributed by atoms with van der Waals surface area (Å²) in [6, 6.07) is 15.8. The van der Waals surface area contributed by atoms with Gasteiger partial charge in [-0.2, -0.15) is 5.26 Å². The number of hydrogen-bond donors (Lipinski definition) is 0. The Morgan fingerprint density at radius 2 is 1.83 bits per heavy atom. The lowest BCUT2D eigenvalue weighted by atomic mass is 9.94. The molecular weight excluding hydrogens is 364 g/mol. The van der Waals surface area contributed by atoms with Gasteiger partial charge in [0.05, 0.1) is 12.0 Å². The van der Waals surface area contributed by atoms with Crippen molar-refractivity contribution in [1.29, 1.82) is 5.26 Å². The lowest BCUT2D eigenvalue weighted by molar-refractivity contribution is -0.136. The first-order valence-electron chi connectivity index (χ1n) is 10.1. The molecule has 2 bridgehead atoms. The van der Waals surface area contributed by atoms with Gasteiger partial charge in [-0.05, 0) is 30.5 Å². The average molecular weight is 388 g/mol. The molecule has 2 saturated heterocycles. The van der Waals surface area contributed by atoms with Crippen LogP contribution < -0.4 is 4.90 Å². The van der Waals surface area contributed by atoms with E-state index in [1.54, 1.807) is 12.3 Å². The standard InChI is InChI=1S/C23H24N4O2/c1-16(18-5-3-2-4-6-18)21(28)11-23(29)26-14-19-8-9-20(15-26)27(19)22-10-7-17(12-24)13-25-22/h2-7,10,13,16,19-20H,8-9,11,14-15H2,1H3/t16?,19-,20?/m0/s1. The van der Waals surface area contributed by atoms with E-state index in [0.29, 0.717) is 18.7 Å². The van der Waals surface area contributed by atoms with E-state index in [9.17, 15) is 9.59 Å². The number of pyridine rings is 1. The van der Waals surface area contributed by atoms with Gasteiger partial charge in [0.25, 0.3) is 0 Å². The van der Waals surface area contributed by atoms with Gasteiger partial charge in [-0.15, -0.1) is 0 Å². The van der Waals surface area contributed by atoms with Gasteiger partial charge < -0.3 is 9.80 Å². The van der Waals surface area contributed by atoms with Gasteiger partial charge in [0.2, 0.25) is 5.91 Å². The smallest absolute Gasteiger partial charge is 0.230 e. The van der Waals surface area contributed by atoms with Gasteiger partial charge in [-0.1, -0.05) is 37.3 Å². The molecule has 0 saturated carbocycles. The minimum absolute atomic E-state index is 0.0373. The van der Waals surface area contributed by atoms with Crippen molar-refractivity contribution in [2.45, 2.75) is 44.2 Å². The zero-order chi connectivity index (χ0) is 20.4. The number of carbonyl (C=O) groups is 2. The summed E-state index contributed by atoms with van der Waals surface area (Å²) in [5.41, 5.74) is 1.49. The summed E-state index contributed by atoms with van der Waals surface area (Å²) in [4.78, 5) is 34.0. The maximum Gasteiger partial charge on any atom is 0.230 e. The third-order valence-electron chi connectivity index (χ3n) is 6.08. The summed E-state index contributed by atoms with van der Waals surface area (Å²) in [7, 11) is 0. The van der Waals surface area contributed by atoms with Gasteiger partial charge in [0.15, 0.2) is 0 Å². The van der Waals surface area contributed by atoms with E-state index < -0.39 is 0 Å². The largest absolute Gasteiger partial charge is 0.347 e. The van der Waals surface area contributed by atoms with Crippen LogP contribution in [0.5, 0.6) is 0 Å². The fraction of sp³-hybridized carbons (Fsp3) is 0.391. The molecule has 2 aliphatic rings. The summed E-state index contributed by atoms with van der Waals surface area (Å²) in [5, 5.41) is 8.96. The van der Waals surface area contributed by atoms with Gasteiger partial charge in [0, 0.05) is 37.3 Å². The molecule has 1 aromatic carbocycles. The predicted octanol–water partition coefficient (Wildman–Crippen LogP) is 2.90. The van der Waals surface area contributed by atoms with Crippen molar-refractivity contribution in [2.24, 2.45) is 0 Å². The van der Waals surface area contributed by atoms with Crippen LogP contribution in [-0.4, -0.2) is 46.7 Å². The molecule has 6 heteroatoms. The van der Waals surface area contributed by atoms with Crippen molar-refractivity contribution in [1.82, 2.24) is 9.88 Å². The average Bonchev–Trinajstić information content (AvgIpc) is 3.02. The van der Waals surface area contributed by atoms with E-state index in [4.69, 9.17) is 5.26 Å². The summed E-state index contributed by atoms with van der Waals surface area (Å²) >= 11 is 0. The summed E-state index contributed by atoms with van der Waals surface area (Å²) < 4.78 is 0. The SMILES string of the molecule is CC(C(=O)CC(=O)N1CC2CC[C@@H](C1)N2c1ccc(C#N)cn1)c1ccccc1. The Morgan fingerprint density at radius 3 is 2.41 bits per heavy atom. The number of aromatic nitrogens is 1. The summed E-state index contributed by atoms with van der Waals surface area (Å²) in [5.74, 6) is 0.463. The second kappa shape index (κ2) is 8.04. The van der Waals surface area contributed by atoms with Crippen molar-refractivity contribution in [3.63, 3.8) is 0 Å². The van der Waals surface area contributed by atoms with Crippen LogP contribution in [0.1, 0.15) is 43.2 Å². The lowest BCUT2D eigenvalue weighted by Gasteiger charge is -2.41. The molecule has 2 fully saturated rings. The zero-order valence-corrected chi connectivity index (χ0v) is 16.5. The number of nitriles is 1. The van der Waals surface area contributed by atoms with Crippen molar-refractivity contribution in [3.05, 3.63) is 59.8 Å². The maximum absolute atomic E-state index is 12.8. The van der Waals surface area contributed by atoms with Gasteiger partial charge in [0.1, 0.15) is 17.7 Å². The number of benzene rings is 1. The summed E-state index contributed by atoms with van der Waals surface area (Å²) in [6.07, 6.45) is 3.55. The monoisotopic (exact) mass is 388 g/mol. The minimum Gasteiger partial charge on any atom is -0.347 e. The number of ketones is 1. The normalized spacial score (nSPS) is 21.5. The van der Waals surface area contributed by atoms with E-state index in [2.05, 4.69) is 16.0 Å². The molecule has 0 radical (unpaired) electrons. The van der Waals surface area contributed by atoms with Crippen molar-refractivity contribution < 1.29 is 9.59 Å². The van der Waals surface area contributed by atoms with Crippen LogP contribution in [-0.2, 0) is 9.59 Å². The second-order valence-corrected chi connectivity index (χ2v) is 7.88. The Kier molecular flexibility index (Phi) is 5.30. The molecule has 6 nitrogen and oxygen atoms in total. The van der Waals surface area contributed by atoms with E-state index in [1.165, 1.54) is 0 Å². The third-order valence-corrected chi connectivity index (χ3v) is 6.08. The van der Waals surface area contributed by atoms with Crippen molar-refractivity contribution >= 4 is 17.5 Å². The Bertz CT molecular complexity index is 922. The fourth-order valence-electron chi connectivity index (χ4n) is 4.43. The lowest BCUT2D eigenvalue weighted by Crippen LogP contribution is -2.56. The highest BCUT2D eigenvalue weighted by Gasteiger charge is 2.42. The van der Waals surface area contributed by atoms with Gasteiger partial charge >= 0.3 is 0 Å². The van der Waals surface area contributed by atoms with Crippen LogP contribution in [0.3, 0.4) is 0 Å². The molecule has 3 atom stereocenters. The van der Waals surface area contributed by atoms with E-state index in [0.717, 1.165) is 24.2 Å². The second-order valence-electron chi connectivity index (χ2n) is 7.88. The van der Waals surface area contributed by atoms with Crippen LogP contribution >= 0.6 is 0 Å². The highest BCUT2D eigenvalue weighted by molar-refractivity contribution is 6.01. The molecule has 0 N–H and O–H groups in total. The first-order chi connectivity index (χ1) is 14.1. The summed E-state index contributed by atoms with van der Waals surface area (Å²) in [6.45, 7) is 3.09. The third kappa shape index (κ3) is 3.86. The number of anilines is 1. The topological polar surface area (TPSA) is 77.3 Å². The molecule has 0 aliphatic carbocycles. The molecular formula is C23H24N4O2. The molecule has 3 heterocycles. The quantitative estimate of drug-likeness (QED) is 0.736. The fourth-order valence-corrected chi connectivity index (χ4v) is 4.43. The molecule has 148 valence electrons. The van der Waals surface area contributed by atoms with E-state index >= 15 is 0 Å². The van der Waals surface area contributed by atoms with Crippen LogP contribution in [0.25, 0.3) is 0 Å². The number of Topliss-reactive ketones (excluding diaryl/α,β-unsaturated/α-hetero) is 1. The molecule has 1 aromatic heterocycles. The van der Waals surface area contributed by atoms with E-state index in [-0.39, 0.29) is 36.1 Å². The molecule has 2 unspecified atom stereocenters. The number of hydrogen-bond acceptors (Lipinski definition) is 5. The number of carbonyl (C=O) groups excluding carboxylic acids is 2. The number of rotatable bonds is 5. The van der Waals surface area contributed by atoms with Crippen LogP contribution in [0.15, 0.2) is 48.7 Å². The van der Waals surface area contributed by atoms with Gasteiger partial charge in [-0.25, -0.2) is 4.98 Å². The first-order valence-corrected chi connectivity index (χ1v) is 10.1. The number of amides is 1. The highest BCUT2D eigenvalue weighted by atomic mass is 16.2. The van der Waals surface area contributed by atoms with Gasteiger partial charge in [-0.3, -0.25) is 9.59 Å². The van der Waals surface area contributed by atoms with E-state index in [1.807, 2.05) is 48.2 Å². The van der Waals surface area contributed by atoms with Crippen LogP contribution in [0, 0.1) is 11.3 Å². The van der Waals surface area contributed by atoms with Crippen molar-refractivity contribution in [2.75, 3.05) is 18.0 Å².